The van der Waals surface area contributed by atoms with Crippen LogP contribution in [0.15, 0.2) is 30.6 Å². The molecular weight excluding hydrogens is 680 g/mol. The Bertz CT molecular complexity index is 1670. The van der Waals surface area contributed by atoms with E-state index < -0.39 is 74.8 Å². The molecule has 1 aromatic heterocycles. The molecule has 0 aromatic carbocycles. The minimum Gasteiger partial charge on any atom is -0.446 e. The van der Waals surface area contributed by atoms with Crippen molar-refractivity contribution in [3.8, 4) is 0 Å². The Labute approximate surface area is 297 Å². The number of carbonyl (C=O) groups excluding carboxylic acids is 5. The van der Waals surface area contributed by atoms with Crippen LogP contribution in [0, 0.1) is 5.92 Å². The Morgan fingerprint density at radius 2 is 1.71 bits per heavy atom. The van der Waals surface area contributed by atoms with Crippen molar-refractivity contribution in [3.05, 3.63) is 41.7 Å². The summed E-state index contributed by atoms with van der Waals surface area (Å²) in [6.45, 7) is 0.535. The predicted octanol–water partition coefficient (Wildman–Crippen LogP) is 2.54. The van der Waals surface area contributed by atoms with Crippen LogP contribution in [0.4, 0.5) is 9.59 Å². The van der Waals surface area contributed by atoms with Gasteiger partial charge in [-0.25, -0.2) is 18.0 Å². The molecule has 0 spiro atoms. The number of pyridine rings is 1. The molecule has 1 aromatic rings. The average molecular weight is 727 g/mol. The lowest BCUT2D eigenvalue weighted by atomic mass is 10.0. The highest BCUT2D eigenvalue weighted by Crippen LogP contribution is 2.46. The zero-order valence-electron chi connectivity index (χ0n) is 28.6. The van der Waals surface area contributed by atoms with Crippen molar-refractivity contribution >= 4 is 39.9 Å². The van der Waals surface area contributed by atoms with Crippen molar-refractivity contribution in [2.45, 2.75) is 132 Å². The van der Waals surface area contributed by atoms with E-state index in [2.05, 4.69) is 20.3 Å². The van der Waals surface area contributed by atoms with Gasteiger partial charge in [-0.2, -0.15) is 0 Å². The third kappa shape index (κ3) is 7.85. The van der Waals surface area contributed by atoms with E-state index in [0.717, 1.165) is 49.7 Å². The second kappa shape index (κ2) is 14.4. The molecule has 4 fully saturated rings. The molecule has 1 saturated heterocycles. The Morgan fingerprint density at radius 1 is 0.941 bits per heavy atom. The maximum Gasteiger partial charge on any atom is 0.410 e. The van der Waals surface area contributed by atoms with E-state index in [1.165, 1.54) is 9.80 Å². The number of fused-ring (bicyclic) bond motifs is 3. The monoisotopic (exact) mass is 726 g/mol. The third-order valence-corrected chi connectivity index (χ3v) is 12.8. The number of rotatable bonds is 6. The smallest absolute Gasteiger partial charge is 0.410 e. The molecule has 0 radical (unpaired) electrons. The molecule has 5 atom stereocenters. The summed E-state index contributed by atoms with van der Waals surface area (Å²) in [6, 6.07) is -0.324. The van der Waals surface area contributed by atoms with Gasteiger partial charge in [0.15, 0.2) is 0 Å². The maximum absolute atomic E-state index is 14.3. The lowest BCUT2D eigenvalue weighted by molar-refractivity contribution is -0.141. The highest BCUT2D eigenvalue weighted by atomic mass is 32.2. The molecule has 7 rings (SSSR count). The van der Waals surface area contributed by atoms with Gasteiger partial charge < -0.3 is 25.0 Å². The zero-order valence-corrected chi connectivity index (χ0v) is 29.4. The Balaban J connectivity index is 1.12. The van der Waals surface area contributed by atoms with Gasteiger partial charge in [0.2, 0.25) is 21.8 Å². The molecule has 3 aliphatic heterocycles. The SMILES string of the molecule is O=C(N[C@H]1CCCCC/C=C\[C@@H]2C[C@@]2(C(=O)NS(=O)(=O)C2CC2)NC(=O)[C@@H]2C[C@@H](OC(=O)N3Cc4ccncc4C3)CN2C1=O)OC1CCCC1. The minimum atomic E-state index is -3.89. The van der Waals surface area contributed by atoms with E-state index in [-0.39, 0.29) is 25.5 Å². The fraction of sp³-hybridized carbons (Fsp3) is 0.657. The van der Waals surface area contributed by atoms with E-state index in [4.69, 9.17) is 9.47 Å². The minimum absolute atomic E-state index is 0.0521. The summed E-state index contributed by atoms with van der Waals surface area (Å²) in [5, 5.41) is 4.95. The number of sulfonamides is 1. The molecule has 16 heteroatoms. The molecule has 51 heavy (non-hydrogen) atoms. The van der Waals surface area contributed by atoms with Crippen molar-refractivity contribution in [2.24, 2.45) is 5.92 Å². The number of amides is 5. The van der Waals surface area contributed by atoms with E-state index >= 15 is 0 Å². The number of hydrogen-bond donors (Lipinski definition) is 3. The standard InChI is InChI=1S/C35H46N6O9S/c42-30-29-16-26(50-34(46)40-19-22-14-15-36-18-23(22)20-40)21-41(29)31(43)28(37-33(45)49-25-9-6-7-10-25)11-5-3-1-2-4-8-24-17-35(24,38-30)32(44)39-51(47,48)27-12-13-27/h4,8,14-15,18,24-29H,1-3,5-7,9-13,16-17,19-21H2,(H,37,45)(H,38,42)(H,39,44)/b8-4-/t24-,26-,28+,29+,35-/m1/s1. The molecule has 276 valence electrons. The van der Waals surface area contributed by atoms with Crippen LogP contribution in [-0.4, -0.2) is 94.7 Å². The van der Waals surface area contributed by atoms with Crippen LogP contribution in [-0.2, 0) is 47.0 Å². The Kier molecular flexibility index (Phi) is 9.96. The lowest BCUT2D eigenvalue weighted by Gasteiger charge is -2.30. The number of nitrogens with one attached hydrogen (secondary N) is 3. The topological polar surface area (TPSA) is 193 Å². The fourth-order valence-corrected chi connectivity index (χ4v) is 9.11. The summed E-state index contributed by atoms with van der Waals surface area (Å²) < 4.78 is 39.2. The van der Waals surface area contributed by atoms with E-state index in [0.29, 0.717) is 45.2 Å². The largest absolute Gasteiger partial charge is 0.446 e. The molecule has 0 unspecified atom stereocenters. The third-order valence-electron chi connectivity index (χ3n) is 11.0. The first-order chi connectivity index (χ1) is 24.5. The van der Waals surface area contributed by atoms with E-state index in [1.54, 1.807) is 12.4 Å². The maximum atomic E-state index is 14.3. The quantitative estimate of drug-likeness (QED) is 0.367. The van der Waals surface area contributed by atoms with Crippen LogP contribution >= 0.6 is 0 Å². The van der Waals surface area contributed by atoms with Gasteiger partial charge in [-0.3, -0.25) is 29.0 Å². The number of carbonyl (C=O) groups is 5. The molecule has 6 aliphatic rings. The molecule has 3 aliphatic carbocycles. The highest BCUT2D eigenvalue weighted by molar-refractivity contribution is 7.91. The molecule has 4 heterocycles. The fourth-order valence-electron chi connectivity index (χ4n) is 7.75. The van der Waals surface area contributed by atoms with Gasteiger partial charge in [-0.1, -0.05) is 25.0 Å². The van der Waals surface area contributed by atoms with Gasteiger partial charge in [0.25, 0.3) is 5.91 Å². The van der Waals surface area contributed by atoms with E-state index in [9.17, 15) is 32.4 Å². The first-order valence-electron chi connectivity index (χ1n) is 18.2. The molecular formula is C35H46N6O9S. The summed E-state index contributed by atoms with van der Waals surface area (Å²) in [4.78, 5) is 75.5. The van der Waals surface area contributed by atoms with Crippen molar-refractivity contribution in [1.29, 1.82) is 0 Å². The van der Waals surface area contributed by atoms with Gasteiger partial charge in [0.05, 0.1) is 18.3 Å². The molecule has 3 saturated carbocycles. The zero-order chi connectivity index (χ0) is 35.8. The van der Waals surface area contributed by atoms with Gasteiger partial charge in [-0.15, -0.1) is 0 Å². The van der Waals surface area contributed by atoms with Crippen molar-refractivity contribution in [3.63, 3.8) is 0 Å². The van der Waals surface area contributed by atoms with Crippen molar-refractivity contribution in [2.75, 3.05) is 6.54 Å². The number of aromatic nitrogens is 1. The summed E-state index contributed by atoms with van der Waals surface area (Å²) >= 11 is 0. The normalized spacial score (nSPS) is 30.5. The first-order valence-corrected chi connectivity index (χ1v) is 19.8. The first kappa shape index (κ1) is 35.2. The summed E-state index contributed by atoms with van der Waals surface area (Å²) in [5.74, 6) is -2.44. The van der Waals surface area contributed by atoms with Crippen LogP contribution in [0.1, 0.15) is 94.6 Å². The van der Waals surface area contributed by atoms with Crippen LogP contribution in [0.5, 0.6) is 0 Å². The highest BCUT2D eigenvalue weighted by Gasteiger charge is 2.62. The second-order valence-electron chi connectivity index (χ2n) is 14.8. The number of allylic oxidation sites excluding steroid dienone is 1. The van der Waals surface area contributed by atoms with Gasteiger partial charge in [0.1, 0.15) is 29.8 Å². The number of nitrogens with zero attached hydrogens (tertiary/aromatic N) is 3. The van der Waals surface area contributed by atoms with Crippen LogP contribution in [0.2, 0.25) is 0 Å². The van der Waals surface area contributed by atoms with Crippen LogP contribution in [0.3, 0.4) is 0 Å². The number of ether oxygens (including phenoxy) is 2. The number of alkyl carbamates (subject to hydrolysis) is 1. The number of hydrogen-bond acceptors (Lipinski definition) is 10. The predicted molar refractivity (Wildman–Crippen MR) is 181 cm³/mol. The van der Waals surface area contributed by atoms with E-state index in [1.807, 2.05) is 18.2 Å². The lowest BCUT2D eigenvalue weighted by Crippen LogP contribution is -2.58. The van der Waals surface area contributed by atoms with Crippen molar-refractivity contribution in [1.82, 2.24) is 30.1 Å². The van der Waals surface area contributed by atoms with Gasteiger partial charge >= 0.3 is 12.2 Å². The molecule has 3 N–H and O–H groups in total. The molecule has 15 nitrogen and oxygen atoms in total. The average Bonchev–Trinajstić information content (AvgIpc) is 3.88. The second-order valence-corrected chi connectivity index (χ2v) is 16.7. The summed E-state index contributed by atoms with van der Waals surface area (Å²) in [7, 11) is -3.89. The van der Waals surface area contributed by atoms with Gasteiger partial charge in [0, 0.05) is 31.3 Å². The Morgan fingerprint density at radius 3 is 2.47 bits per heavy atom. The van der Waals surface area contributed by atoms with Crippen LogP contribution in [0.25, 0.3) is 0 Å². The van der Waals surface area contributed by atoms with Crippen molar-refractivity contribution < 1.29 is 41.9 Å². The Hall–Kier alpha value is -4.21. The van der Waals surface area contributed by atoms with Crippen LogP contribution < -0.4 is 15.4 Å². The summed E-state index contributed by atoms with van der Waals surface area (Å²) in [6.07, 6.45) is 12.5. The molecule has 5 amide bonds. The molecule has 0 bridgehead atoms. The van der Waals surface area contributed by atoms with Gasteiger partial charge in [-0.05, 0) is 81.4 Å². The summed E-state index contributed by atoms with van der Waals surface area (Å²) in [5.41, 5.74) is 0.341.